The monoisotopic (exact) mass is 426 g/mol. The molecule has 0 heterocycles. The van der Waals surface area contributed by atoms with Crippen LogP contribution in [0.5, 0.6) is 0 Å². The molecule has 3 aromatic rings. The Kier molecular flexibility index (Phi) is 6.49. The Morgan fingerprint density at radius 2 is 1.70 bits per heavy atom. The molecule has 0 saturated heterocycles. The minimum absolute atomic E-state index is 0.0485. The number of benzene rings is 3. The van der Waals surface area contributed by atoms with Crippen molar-refractivity contribution < 1.29 is 22.7 Å². The number of amides is 1. The molecule has 1 N–H and O–H groups in total. The van der Waals surface area contributed by atoms with Crippen molar-refractivity contribution in [3.63, 3.8) is 0 Å². The van der Waals surface area contributed by atoms with Gasteiger partial charge in [-0.15, -0.1) is 0 Å². The van der Waals surface area contributed by atoms with Gasteiger partial charge in [0.25, 0.3) is 5.91 Å². The van der Waals surface area contributed by atoms with Crippen molar-refractivity contribution >= 4 is 38.4 Å². The summed E-state index contributed by atoms with van der Waals surface area (Å²) in [6.45, 7) is 1.78. The first-order chi connectivity index (χ1) is 14.4. The molecule has 8 heteroatoms. The minimum atomic E-state index is -3.69. The van der Waals surface area contributed by atoms with Crippen LogP contribution in [0.25, 0.3) is 10.8 Å². The molecule has 0 aliphatic heterocycles. The van der Waals surface area contributed by atoms with Crippen LogP contribution in [-0.4, -0.2) is 40.5 Å². The number of nitrogens with zero attached hydrogens (tertiary/aromatic N) is 1. The fraction of sp³-hybridized carbons (Fsp3) is 0.182. The van der Waals surface area contributed by atoms with E-state index >= 15 is 0 Å². The maximum atomic E-state index is 12.8. The third kappa shape index (κ3) is 4.50. The van der Waals surface area contributed by atoms with E-state index < -0.39 is 22.6 Å². The van der Waals surface area contributed by atoms with Gasteiger partial charge < -0.3 is 9.64 Å². The molecule has 0 atom stereocenters. The first-order valence-corrected chi connectivity index (χ1v) is 10.8. The van der Waals surface area contributed by atoms with Gasteiger partial charge in [-0.25, -0.2) is 17.9 Å². The Bertz CT molecular complexity index is 1190. The largest absolute Gasteiger partial charge is 0.452 e. The first-order valence-electron chi connectivity index (χ1n) is 9.36. The number of hydrogen-bond donors (Lipinski definition) is 1. The predicted octanol–water partition coefficient (Wildman–Crippen LogP) is 2.96. The van der Waals surface area contributed by atoms with Gasteiger partial charge in [0, 0.05) is 11.9 Å². The summed E-state index contributed by atoms with van der Waals surface area (Å²) >= 11 is 0. The van der Waals surface area contributed by atoms with E-state index in [-0.39, 0.29) is 16.4 Å². The van der Waals surface area contributed by atoms with E-state index in [1.165, 1.54) is 31.3 Å². The highest BCUT2D eigenvalue weighted by Gasteiger charge is 2.20. The molecule has 0 saturated carbocycles. The second-order valence-corrected chi connectivity index (χ2v) is 8.33. The minimum Gasteiger partial charge on any atom is -0.452 e. The van der Waals surface area contributed by atoms with Gasteiger partial charge in [-0.1, -0.05) is 42.5 Å². The highest BCUT2D eigenvalue weighted by atomic mass is 32.2. The number of likely N-dealkylation sites (N-methyl/N-ethyl adjacent to an activating group) is 1. The van der Waals surface area contributed by atoms with Gasteiger partial charge in [-0.05, 0) is 43.6 Å². The summed E-state index contributed by atoms with van der Waals surface area (Å²) in [7, 11) is -2.41. The maximum Gasteiger partial charge on any atom is 0.338 e. The third-order valence-corrected chi connectivity index (χ3v) is 6.06. The number of rotatable bonds is 7. The smallest absolute Gasteiger partial charge is 0.338 e. The van der Waals surface area contributed by atoms with E-state index in [4.69, 9.17) is 4.74 Å². The second kappa shape index (κ2) is 9.06. The molecule has 3 aromatic carbocycles. The van der Waals surface area contributed by atoms with Crippen LogP contribution in [0.4, 0.5) is 5.69 Å². The van der Waals surface area contributed by atoms with Crippen LogP contribution in [-0.2, 0) is 19.6 Å². The van der Waals surface area contributed by atoms with Crippen LogP contribution < -0.4 is 9.62 Å². The predicted molar refractivity (Wildman–Crippen MR) is 115 cm³/mol. The van der Waals surface area contributed by atoms with Crippen molar-refractivity contribution in [1.82, 2.24) is 4.72 Å². The molecule has 0 aliphatic carbocycles. The molecule has 7 nitrogen and oxygen atoms in total. The molecule has 0 radical (unpaired) electrons. The standard InChI is InChI=1S/C22H22N2O5S/c1-3-24(20-13-7-9-16-8-4-5-12-19(16)20)21(25)15-29-22(26)17-10-6-11-18(14-17)30(27,28)23-2/h4-14,23H,3,15H2,1-2H3. The van der Waals surface area contributed by atoms with E-state index in [1.807, 2.05) is 49.4 Å². The van der Waals surface area contributed by atoms with Crippen molar-refractivity contribution in [2.45, 2.75) is 11.8 Å². The highest BCUT2D eigenvalue weighted by molar-refractivity contribution is 7.89. The molecule has 0 fully saturated rings. The lowest BCUT2D eigenvalue weighted by Gasteiger charge is -2.22. The third-order valence-electron chi connectivity index (χ3n) is 4.65. The maximum absolute atomic E-state index is 12.8. The quantitative estimate of drug-likeness (QED) is 0.587. The Morgan fingerprint density at radius 1 is 1.00 bits per heavy atom. The molecule has 0 spiro atoms. The summed E-state index contributed by atoms with van der Waals surface area (Å²) in [5.41, 5.74) is 0.783. The normalized spacial score (nSPS) is 11.3. The summed E-state index contributed by atoms with van der Waals surface area (Å²) in [5, 5.41) is 1.92. The number of carbonyl (C=O) groups excluding carboxylic acids is 2. The molecular weight excluding hydrogens is 404 g/mol. The number of carbonyl (C=O) groups is 2. The SMILES string of the molecule is CCN(C(=O)COC(=O)c1cccc(S(=O)(=O)NC)c1)c1cccc2ccccc12. The number of fused-ring (bicyclic) bond motifs is 1. The van der Waals surface area contributed by atoms with Crippen LogP contribution in [0.2, 0.25) is 0 Å². The molecule has 0 unspecified atom stereocenters. The molecule has 156 valence electrons. The van der Waals surface area contributed by atoms with Crippen molar-refractivity contribution in [1.29, 1.82) is 0 Å². The lowest BCUT2D eigenvalue weighted by atomic mass is 10.1. The fourth-order valence-electron chi connectivity index (χ4n) is 3.12. The molecule has 30 heavy (non-hydrogen) atoms. The number of esters is 1. The average molecular weight is 426 g/mol. The summed E-state index contributed by atoms with van der Waals surface area (Å²) in [5.74, 6) is -1.15. The zero-order valence-corrected chi connectivity index (χ0v) is 17.5. The molecule has 0 bridgehead atoms. The summed E-state index contributed by atoms with van der Waals surface area (Å²) in [4.78, 5) is 26.6. The molecule has 0 aliphatic rings. The number of nitrogens with one attached hydrogen (secondary N) is 1. The van der Waals surface area contributed by atoms with E-state index in [9.17, 15) is 18.0 Å². The topological polar surface area (TPSA) is 92.8 Å². The van der Waals surface area contributed by atoms with Gasteiger partial charge in [0.15, 0.2) is 6.61 Å². The van der Waals surface area contributed by atoms with Crippen molar-refractivity contribution in [3.05, 3.63) is 72.3 Å². The average Bonchev–Trinajstić information content (AvgIpc) is 2.78. The molecule has 0 aromatic heterocycles. The Balaban J connectivity index is 1.76. The van der Waals surface area contributed by atoms with Gasteiger partial charge in [-0.3, -0.25) is 4.79 Å². The number of ether oxygens (including phenoxy) is 1. The van der Waals surface area contributed by atoms with Gasteiger partial charge in [-0.2, -0.15) is 0 Å². The van der Waals surface area contributed by atoms with Gasteiger partial charge in [0.1, 0.15) is 0 Å². The Labute approximate surface area is 175 Å². The van der Waals surface area contributed by atoms with Gasteiger partial charge >= 0.3 is 5.97 Å². The van der Waals surface area contributed by atoms with E-state index in [2.05, 4.69) is 4.72 Å². The number of hydrogen-bond acceptors (Lipinski definition) is 5. The molecule has 1 amide bonds. The van der Waals surface area contributed by atoms with Gasteiger partial charge in [0.05, 0.1) is 16.1 Å². The first kappa shape index (κ1) is 21.5. The fourth-order valence-corrected chi connectivity index (χ4v) is 3.90. The zero-order chi connectivity index (χ0) is 21.7. The van der Waals surface area contributed by atoms with Crippen LogP contribution in [0.1, 0.15) is 17.3 Å². The van der Waals surface area contributed by atoms with Crippen molar-refractivity contribution in [3.8, 4) is 0 Å². The van der Waals surface area contributed by atoms with Crippen LogP contribution in [0, 0.1) is 0 Å². The summed E-state index contributed by atoms with van der Waals surface area (Å²) < 4.78 is 31.2. The van der Waals surface area contributed by atoms with E-state index in [0.717, 1.165) is 16.5 Å². The van der Waals surface area contributed by atoms with Crippen LogP contribution >= 0.6 is 0 Å². The number of anilines is 1. The summed E-state index contributed by atoms with van der Waals surface area (Å²) in [6, 6.07) is 18.8. The highest BCUT2D eigenvalue weighted by Crippen LogP contribution is 2.26. The lowest BCUT2D eigenvalue weighted by molar-refractivity contribution is -0.121. The van der Waals surface area contributed by atoms with Crippen molar-refractivity contribution in [2.24, 2.45) is 0 Å². The van der Waals surface area contributed by atoms with E-state index in [1.54, 1.807) is 4.90 Å². The summed E-state index contributed by atoms with van der Waals surface area (Å²) in [6.07, 6.45) is 0. The second-order valence-electron chi connectivity index (χ2n) is 6.45. The van der Waals surface area contributed by atoms with E-state index in [0.29, 0.717) is 6.54 Å². The lowest BCUT2D eigenvalue weighted by Crippen LogP contribution is -2.34. The van der Waals surface area contributed by atoms with Crippen LogP contribution in [0.3, 0.4) is 0 Å². The Morgan fingerprint density at radius 3 is 2.43 bits per heavy atom. The Hall–Kier alpha value is -3.23. The molecular formula is C22H22N2O5S. The van der Waals surface area contributed by atoms with Crippen LogP contribution in [0.15, 0.2) is 71.6 Å². The molecule has 3 rings (SSSR count). The van der Waals surface area contributed by atoms with Crippen molar-refractivity contribution in [2.75, 3.05) is 25.1 Å². The van der Waals surface area contributed by atoms with Gasteiger partial charge in [0.2, 0.25) is 10.0 Å². The number of sulfonamides is 1. The zero-order valence-electron chi connectivity index (χ0n) is 16.7.